The molecule has 1 aliphatic rings. The van der Waals surface area contributed by atoms with Crippen molar-refractivity contribution in [1.82, 2.24) is 0 Å². The molecule has 1 atom stereocenters. The summed E-state index contributed by atoms with van der Waals surface area (Å²) in [4.78, 5) is 15.8. The lowest BCUT2D eigenvalue weighted by molar-refractivity contribution is -0.115. The van der Waals surface area contributed by atoms with Crippen LogP contribution in [0.15, 0.2) is 52.5 Å². The van der Waals surface area contributed by atoms with Crippen LogP contribution in [0.5, 0.6) is 0 Å². The quantitative estimate of drug-likeness (QED) is 0.489. The van der Waals surface area contributed by atoms with Gasteiger partial charge >= 0.3 is 0 Å². The van der Waals surface area contributed by atoms with Gasteiger partial charge in [0.1, 0.15) is 5.83 Å². The van der Waals surface area contributed by atoms with Crippen molar-refractivity contribution < 1.29 is 9.18 Å². The van der Waals surface area contributed by atoms with Crippen LogP contribution >= 0.6 is 0 Å². The van der Waals surface area contributed by atoms with Gasteiger partial charge in [0.2, 0.25) is 0 Å². The van der Waals surface area contributed by atoms with E-state index in [0.717, 1.165) is 12.1 Å². The lowest BCUT2D eigenvalue weighted by atomic mass is 9.99. The third-order valence-electron chi connectivity index (χ3n) is 3.28. The number of ketones is 1. The van der Waals surface area contributed by atoms with Gasteiger partial charge < -0.3 is 0 Å². The molecule has 1 aliphatic heterocycles. The third kappa shape index (κ3) is 4.72. The number of allylic oxidation sites excluding steroid dienone is 7. The summed E-state index contributed by atoms with van der Waals surface area (Å²) in [7, 11) is 0. The Bertz CT molecular complexity index is 509. The van der Waals surface area contributed by atoms with Crippen molar-refractivity contribution in [2.24, 2.45) is 10.9 Å². The first-order chi connectivity index (χ1) is 9.47. The van der Waals surface area contributed by atoms with Crippen LogP contribution in [0.4, 0.5) is 4.39 Å². The van der Waals surface area contributed by atoms with Crippen molar-refractivity contribution in [3.63, 3.8) is 0 Å². The molecule has 0 N–H and O–H groups in total. The van der Waals surface area contributed by atoms with Gasteiger partial charge in [-0.3, -0.25) is 9.79 Å². The van der Waals surface area contributed by atoms with E-state index < -0.39 is 5.83 Å². The molecule has 1 rings (SSSR count). The number of hydrogen-bond acceptors (Lipinski definition) is 2. The van der Waals surface area contributed by atoms with Crippen LogP contribution in [-0.2, 0) is 4.79 Å². The van der Waals surface area contributed by atoms with Gasteiger partial charge in [0.15, 0.2) is 5.78 Å². The first kappa shape index (κ1) is 16.3. The van der Waals surface area contributed by atoms with Crippen LogP contribution in [0.2, 0.25) is 0 Å². The fraction of sp³-hybridized carbons (Fsp3) is 0.412. The summed E-state index contributed by atoms with van der Waals surface area (Å²) in [5.74, 6) is -0.203. The number of Topliss-reactive ketones (excluding diaryl/α,β-unsaturated/α-hetero) is 1. The number of hydrogen-bond donors (Lipinski definition) is 0. The maximum absolute atomic E-state index is 14.0. The molecular formula is C17H22FNO. The SMILES string of the molecule is C=C(CCC1C=NC(C)=C1)/C(F)=C\C(=C/C)C(=O)CC. The highest BCUT2D eigenvalue weighted by atomic mass is 19.1. The summed E-state index contributed by atoms with van der Waals surface area (Å²) in [6, 6.07) is 0. The zero-order valence-corrected chi connectivity index (χ0v) is 12.4. The van der Waals surface area contributed by atoms with Crippen LogP contribution in [0, 0.1) is 5.92 Å². The van der Waals surface area contributed by atoms with E-state index in [4.69, 9.17) is 0 Å². The molecular weight excluding hydrogens is 253 g/mol. The Morgan fingerprint density at radius 2 is 2.25 bits per heavy atom. The van der Waals surface area contributed by atoms with Crippen molar-refractivity contribution in [1.29, 1.82) is 0 Å². The van der Waals surface area contributed by atoms with Crippen molar-refractivity contribution in [2.45, 2.75) is 40.0 Å². The molecule has 0 saturated carbocycles. The monoisotopic (exact) mass is 275 g/mol. The Morgan fingerprint density at radius 3 is 2.75 bits per heavy atom. The minimum Gasteiger partial charge on any atom is -0.294 e. The Morgan fingerprint density at radius 1 is 1.55 bits per heavy atom. The zero-order chi connectivity index (χ0) is 15.1. The minimum absolute atomic E-state index is 0.0584. The summed E-state index contributed by atoms with van der Waals surface area (Å²) in [5.41, 5.74) is 1.84. The van der Waals surface area contributed by atoms with E-state index in [-0.39, 0.29) is 11.7 Å². The van der Waals surface area contributed by atoms with E-state index >= 15 is 0 Å². The Hall–Kier alpha value is -1.77. The van der Waals surface area contributed by atoms with Crippen molar-refractivity contribution >= 4 is 12.0 Å². The largest absolute Gasteiger partial charge is 0.294 e. The molecule has 0 aliphatic carbocycles. The molecule has 0 radical (unpaired) electrons. The van der Waals surface area contributed by atoms with Crippen molar-refractivity contribution in [3.8, 4) is 0 Å². The van der Waals surface area contributed by atoms with Gasteiger partial charge in [-0.2, -0.15) is 0 Å². The molecule has 0 amide bonds. The number of carbonyl (C=O) groups is 1. The summed E-state index contributed by atoms with van der Waals surface area (Å²) in [5, 5.41) is 0. The summed E-state index contributed by atoms with van der Waals surface area (Å²) in [6.07, 6.45) is 8.58. The van der Waals surface area contributed by atoms with Gasteiger partial charge in [-0.15, -0.1) is 0 Å². The van der Waals surface area contributed by atoms with Gasteiger partial charge in [-0.25, -0.2) is 4.39 Å². The highest BCUT2D eigenvalue weighted by Crippen LogP contribution is 2.23. The predicted molar refractivity (Wildman–Crippen MR) is 82.4 cm³/mol. The van der Waals surface area contributed by atoms with E-state index in [1.54, 1.807) is 19.9 Å². The van der Waals surface area contributed by atoms with Crippen molar-refractivity contribution in [3.05, 3.63) is 47.5 Å². The average Bonchev–Trinajstić information content (AvgIpc) is 2.86. The summed E-state index contributed by atoms with van der Waals surface area (Å²) < 4.78 is 14.0. The first-order valence-corrected chi connectivity index (χ1v) is 6.95. The van der Waals surface area contributed by atoms with Gasteiger partial charge in [0.25, 0.3) is 0 Å². The molecule has 0 spiro atoms. The van der Waals surface area contributed by atoms with Gasteiger partial charge in [-0.05, 0) is 38.3 Å². The van der Waals surface area contributed by atoms with Crippen molar-refractivity contribution in [2.75, 3.05) is 0 Å². The second kappa shape index (κ2) is 7.73. The normalized spacial score (nSPS) is 19.2. The van der Waals surface area contributed by atoms with E-state index in [2.05, 4.69) is 17.6 Å². The second-order valence-corrected chi connectivity index (χ2v) is 4.91. The average molecular weight is 275 g/mol. The van der Waals surface area contributed by atoms with E-state index in [0.29, 0.717) is 24.0 Å². The minimum atomic E-state index is -0.407. The van der Waals surface area contributed by atoms with E-state index in [9.17, 15) is 9.18 Å². The van der Waals surface area contributed by atoms with Gasteiger partial charge in [0, 0.05) is 29.8 Å². The Balaban J connectivity index is 2.58. The molecule has 0 saturated heterocycles. The van der Waals surface area contributed by atoms with Gasteiger partial charge in [0.05, 0.1) is 0 Å². The molecule has 0 aromatic heterocycles. The maximum atomic E-state index is 14.0. The van der Waals surface area contributed by atoms with Crippen LogP contribution in [-0.4, -0.2) is 12.0 Å². The van der Waals surface area contributed by atoms with Crippen LogP contribution < -0.4 is 0 Å². The number of halogens is 1. The number of rotatable bonds is 7. The lowest BCUT2D eigenvalue weighted by Gasteiger charge is -2.06. The number of nitrogens with zero attached hydrogens (tertiary/aromatic N) is 1. The molecule has 20 heavy (non-hydrogen) atoms. The molecule has 0 fully saturated rings. The fourth-order valence-corrected chi connectivity index (χ4v) is 1.99. The van der Waals surface area contributed by atoms with Gasteiger partial charge in [-0.1, -0.05) is 25.7 Å². The molecule has 108 valence electrons. The Kier molecular flexibility index (Phi) is 6.29. The molecule has 3 heteroatoms. The molecule has 0 bridgehead atoms. The molecule has 2 nitrogen and oxygen atoms in total. The highest BCUT2D eigenvalue weighted by Gasteiger charge is 2.12. The molecule has 0 aromatic carbocycles. The summed E-state index contributed by atoms with van der Waals surface area (Å²) in [6.45, 7) is 9.20. The zero-order valence-electron chi connectivity index (χ0n) is 12.4. The van der Waals surface area contributed by atoms with E-state index in [1.165, 1.54) is 6.08 Å². The maximum Gasteiger partial charge on any atom is 0.162 e. The second-order valence-electron chi connectivity index (χ2n) is 4.91. The first-order valence-electron chi connectivity index (χ1n) is 6.95. The summed E-state index contributed by atoms with van der Waals surface area (Å²) >= 11 is 0. The topological polar surface area (TPSA) is 29.4 Å². The fourth-order valence-electron chi connectivity index (χ4n) is 1.99. The highest BCUT2D eigenvalue weighted by molar-refractivity contribution is 5.97. The third-order valence-corrected chi connectivity index (χ3v) is 3.28. The number of aliphatic imine (C=N–C) groups is 1. The molecule has 0 aromatic rings. The molecule has 1 unspecified atom stereocenters. The van der Waals surface area contributed by atoms with Crippen LogP contribution in [0.1, 0.15) is 40.0 Å². The lowest BCUT2D eigenvalue weighted by Crippen LogP contribution is -1.99. The Labute approximate surface area is 120 Å². The van der Waals surface area contributed by atoms with E-state index in [1.807, 2.05) is 13.1 Å². The number of carbonyl (C=O) groups excluding carboxylic acids is 1. The standard InChI is InChI=1S/C17H22FNO/c1-5-15(17(20)6-2)10-16(18)12(3)7-8-14-9-13(4)19-11-14/h5,9-11,14H,3,6-8H2,1-2,4H3/b15-5+,16-10+. The van der Waals surface area contributed by atoms with Crippen LogP contribution in [0.3, 0.4) is 0 Å². The smallest absolute Gasteiger partial charge is 0.162 e. The molecule has 1 heterocycles. The van der Waals surface area contributed by atoms with Crippen LogP contribution in [0.25, 0.3) is 0 Å². The predicted octanol–water partition coefficient (Wildman–Crippen LogP) is 4.71.